The lowest BCUT2D eigenvalue weighted by Crippen LogP contribution is -2.38. The molecule has 0 bridgehead atoms. The van der Waals surface area contributed by atoms with Crippen LogP contribution in [0.15, 0.2) is 24.4 Å². The zero-order valence-corrected chi connectivity index (χ0v) is 11.7. The van der Waals surface area contributed by atoms with Gasteiger partial charge in [0.05, 0.1) is 5.75 Å². The summed E-state index contributed by atoms with van der Waals surface area (Å²) in [7, 11) is -3.21. The predicted octanol–water partition coefficient (Wildman–Crippen LogP) is 1.66. The second-order valence-corrected chi connectivity index (χ2v) is 6.80. The molecule has 1 fully saturated rings. The minimum Gasteiger partial charge on any atom is -0.261 e. The molecule has 100 valence electrons. The molecule has 2 heterocycles. The number of pyridine rings is 1. The average Bonchev–Trinajstić information content (AvgIpc) is 2.87. The molecule has 4 nitrogen and oxygen atoms in total. The SMILES string of the molecule is O=S(=O)(CCc1ccccn1)N1CCCC1CCl. The molecular weight excluding hydrogens is 272 g/mol. The van der Waals surface area contributed by atoms with Crippen LogP contribution in [0.1, 0.15) is 18.5 Å². The molecule has 0 amide bonds. The first kappa shape index (κ1) is 13.8. The average molecular weight is 289 g/mol. The Hall–Kier alpha value is -0.650. The number of hydrogen-bond acceptors (Lipinski definition) is 3. The predicted molar refractivity (Wildman–Crippen MR) is 72.2 cm³/mol. The van der Waals surface area contributed by atoms with Gasteiger partial charge in [0, 0.05) is 36.8 Å². The number of rotatable bonds is 5. The summed E-state index contributed by atoms with van der Waals surface area (Å²) >= 11 is 5.81. The van der Waals surface area contributed by atoms with Crippen LogP contribution in [0.4, 0.5) is 0 Å². The minimum atomic E-state index is -3.21. The summed E-state index contributed by atoms with van der Waals surface area (Å²) in [5.41, 5.74) is 0.808. The van der Waals surface area contributed by atoms with E-state index in [1.807, 2.05) is 18.2 Å². The van der Waals surface area contributed by atoms with Crippen LogP contribution in [0.25, 0.3) is 0 Å². The number of aromatic nitrogens is 1. The van der Waals surface area contributed by atoms with Gasteiger partial charge in [-0.05, 0) is 25.0 Å². The van der Waals surface area contributed by atoms with Crippen molar-refractivity contribution in [3.8, 4) is 0 Å². The fraction of sp³-hybridized carbons (Fsp3) is 0.583. The third kappa shape index (κ3) is 3.22. The summed E-state index contributed by atoms with van der Waals surface area (Å²) < 4.78 is 26.0. The smallest absolute Gasteiger partial charge is 0.214 e. The quantitative estimate of drug-likeness (QED) is 0.774. The summed E-state index contributed by atoms with van der Waals surface area (Å²) in [4.78, 5) is 4.14. The molecule has 1 saturated heterocycles. The van der Waals surface area contributed by atoms with Gasteiger partial charge in [-0.25, -0.2) is 8.42 Å². The van der Waals surface area contributed by atoms with E-state index in [0.717, 1.165) is 18.5 Å². The Kier molecular flexibility index (Phi) is 4.59. The van der Waals surface area contributed by atoms with Crippen molar-refractivity contribution < 1.29 is 8.42 Å². The molecule has 18 heavy (non-hydrogen) atoms. The summed E-state index contributed by atoms with van der Waals surface area (Å²) in [5, 5.41) is 0. The number of aryl methyl sites for hydroxylation is 1. The largest absolute Gasteiger partial charge is 0.261 e. The number of alkyl halides is 1. The van der Waals surface area contributed by atoms with Crippen LogP contribution >= 0.6 is 11.6 Å². The molecule has 1 aromatic rings. The standard InChI is InChI=1S/C12H17ClN2O2S/c13-10-12-5-3-8-15(12)18(16,17)9-6-11-4-1-2-7-14-11/h1-2,4,7,12H,3,5-6,8-10H2. The van der Waals surface area contributed by atoms with E-state index in [2.05, 4.69) is 4.98 Å². The molecular formula is C12H17ClN2O2S. The molecule has 1 unspecified atom stereocenters. The van der Waals surface area contributed by atoms with Crippen LogP contribution in [-0.4, -0.2) is 41.9 Å². The van der Waals surface area contributed by atoms with Gasteiger partial charge in [-0.3, -0.25) is 4.98 Å². The Morgan fingerprint density at radius 3 is 2.94 bits per heavy atom. The summed E-state index contributed by atoms with van der Waals surface area (Å²) in [6.45, 7) is 0.599. The molecule has 0 N–H and O–H groups in total. The van der Waals surface area contributed by atoms with E-state index in [0.29, 0.717) is 18.8 Å². The molecule has 0 saturated carbocycles. The van der Waals surface area contributed by atoms with Gasteiger partial charge in [0.2, 0.25) is 10.0 Å². The van der Waals surface area contributed by atoms with Crippen LogP contribution in [0.5, 0.6) is 0 Å². The Morgan fingerprint density at radius 1 is 1.44 bits per heavy atom. The molecule has 1 aromatic heterocycles. The lowest BCUT2D eigenvalue weighted by Gasteiger charge is -2.22. The van der Waals surface area contributed by atoms with Crippen LogP contribution in [-0.2, 0) is 16.4 Å². The zero-order valence-electron chi connectivity index (χ0n) is 10.1. The third-order valence-corrected chi connectivity index (χ3v) is 5.47. The van der Waals surface area contributed by atoms with E-state index < -0.39 is 10.0 Å². The van der Waals surface area contributed by atoms with Gasteiger partial charge in [0.25, 0.3) is 0 Å². The summed E-state index contributed by atoms with van der Waals surface area (Å²) in [5.74, 6) is 0.486. The highest BCUT2D eigenvalue weighted by Crippen LogP contribution is 2.22. The number of halogens is 1. The number of hydrogen-bond donors (Lipinski definition) is 0. The first-order valence-corrected chi connectivity index (χ1v) is 8.23. The van der Waals surface area contributed by atoms with Crippen LogP contribution < -0.4 is 0 Å². The monoisotopic (exact) mass is 288 g/mol. The second-order valence-electron chi connectivity index (χ2n) is 4.45. The van der Waals surface area contributed by atoms with Crippen molar-refractivity contribution in [1.29, 1.82) is 0 Å². The van der Waals surface area contributed by atoms with Gasteiger partial charge in [-0.1, -0.05) is 6.07 Å². The van der Waals surface area contributed by atoms with Crippen molar-refractivity contribution >= 4 is 21.6 Å². The fourth-order valence-corrected chi connectivity index (χ4v) is 4.37. The van der Waals surface area contributed by atoms with E-state index >= 15 is 0 Å². The maximum Gasteiger partial charge on any atom is 0.214 e. The van der Waals surface area contributed by atoms with Crippen molar-refractivity contribution in [2.45, 2.75) is 25.3 Å². The van der Waals surface area contributed by atoms with Gasteiger partial charge in [0.1, 0.15) is 0 Å². The molecule has 0 aliphatic carbocycles. The first-order chi connectivity index (χ1) is 8.63. The van der Waals surface area contributed by atoms with Crippen molar-refractivity contribution in [1.82, 2.24) is 9.29 Å². The Bertz CT molecular complexity index is 478. The lowest BCUT2D eigenvalue weighted by atomic mass is 10.3. The van der Waals surface area contributed by atoms with Crippen molar-refractivity contribution in [3.63, 3.8) is 0 Å². The molecule has 1 aliphatic heterocycles. The Morgan fingerprint density at radius 2 is 2.28 bits per heavy atom. The second kappa shape index (κ2) is 5.99. The van der Waals surface area contributed by atoms with Crippen LogP contribution in [0.2, 0.25) is 0 Å². The molecule has 2 rings (SSSR count). The molecule has 6 heteroatoms. The summed E-state index contributed by atoms with van der Waals surface area (Å²) in [6, 6.07) is 5.51. The van der Waals surface area contributed by atoms with Gasteiger partial charge < -0.3 is 0 Å². The van der Waals surface area contributed by atoms with E-state index in [-0.39, 0.29) is 11.8 Å². The van der Waals surface area contributed by atoms with Crippen LogP contribution in [0, 0.1) is 0 Å². The Balaban J connectivity index is 1.99. The van der Waals surface area contributed by atoms with Gasteiger partial charge in [-0.2, -0.15) is 4.31 Å². The minimum absolute atomic E-state index is 0.0274. The normalized spacial score (nSPS) is 21.3. The van der Waals surface area contributed by atoms with Gasteiger partial charge in [0.15, 0.2) is 0 Å². The fourth-order valence-electron chi connectivity index (χ4n) is 2.23. The first-order valence-electron chi connectivity index (χ1n) is 6.09. The molecule has 0 radical (unpaired) electrons. The maximum atomic E-state index is 12.2. The van der Waals surface area contributed by atoms with Crippen molar-refractivity contribution in [3.05, 3.63) is 30.1 Å². The molecule has 0 aromatic carbocycles. The van der Waals surface area contributed by atoms with E-state index in [4.69, 9.17) is 11.6 Å². The maximum absolute atomic E-state index is 12.2. The van der Waals surface area contributed by atoms with Crippen LogP contribution in [0.3, 0.4) is 0 Å². The Labute approximate surface area is 113 Å². The van der Waals surface area contributed by atoms with Gasteiger partial charge in [-0.15, -0.1) is 11.6 Å². The molecule has 1 aliphatic rings. The third-order valence-electron chi connectivity index (χ3n) is 3.20. The zero-order chi connectivity index (χ0) is 13.0. The van der Waals surface area contributed by atoms with E-state index in [1.54, 1.807) is 10.5 Å². The highest BCUT2D eigenvalue weighted by molar-refractivity contribution is 7.89. The number of sulfonamides is 1. The van der Waals surface area contributed by atoms with Gasteiger partial charge >= 0.3 is 0 Å². The van der Waals surface area contributed by atoms with Crippen molar-refractivity contribution in [2.24, 2.45) is 0 Å². The highest BCUT2D eigenvalue weighted by Gasteiger charge is 2.33. The number of nitrogens with zero attached hydrogens (tertiary/aromatic N) is 2. The molecule has 1 atom stereocenters. The van der Waals surface area contributed by atoms with Crippen molar-refractivity contribution in [2.75, 3.05) is 18.2 Å². The van der Waals surface area contributed by atoms with E-state index in [1.165, 1.54) is 0 Å². The topological polar surface area (TPSA) is 50.3 Å². The summed E-state index contributed by atoms with van der Waals surface area (Å²) in [6.07, 6.45) is 3.90. The highest BCUT2D eigenvalue weighted by atomic mass is 35.5. The molecule has 0 spiro atoms. The van der Waals surface area contributed by atoms with E-state index in [9.17, 15) is 8.42 Å². The lowest BCUT2D eigenvalue weighted by molar-refractivity contribution is 0.411.